The fourth-order valence-corrected chi connectivity index (χ4v) is 2.30. The molecule has 0 amide bonds. The van der Waals surface area contributed by atoms with Gasteiger partial charge in [0.15, 0.2) is 0 Å². The molecular weight excluding hydrogens is 194 g/mol. The van der Waals surface area contributed by atoms with Crippen molar-refractivity contribution >= 4 is 17.3 Å². The summed E-state index contributed by atoms with van der Waals surface area (Å²) in [4.78, 5) is 0. The van der Waals surface area contributed by atoms with Gasteiger partial charge in [-0.05, 0) is 17.5 Å². The SMILES string of the molecule is CC(C)C1(C)CNc2c(Cl)cccc21. The van der Waals surface area contributed by atoms with E-state index in [-0.39, 0.29) is 5.41 Å². The van der Waals surface area contributed by atoms with Gasteiger partial charge in [-0.3, -0.25) is 0 Å². The Kier molecular flexibility index (Phi) is 2.23. The van der Waals surface area contributed by atoms with Crippen LogP contribution < -0.4 is 5.32 Å². The fourth-order valence-electron chi connectivity index (χ4n) is 2.06. The molecule has 0 saturated heterocycles. The van der Waals surface area contributed by atoms with Crippen molar-refractivity contribution in [2.75, 3.05) is 11.9 Å². The molecular formula is C12H16ClN. The van der Waals surface area contributed by atoms with E-state index < -0.39 is 0 Å². The molecule has 0 fully saturated rings. The van der Waals surface area contributed by atoms with Crippen LogP contribution in [0.3, 0.4) is 0 Å². The first-order valence-corrected chi connectivity index (χ1v) is 5.46. The minimum absolute atomic E-state index is 0.222. The summed E-state index contributed by atoms with van der Waals surface area (Å²) in [7, 11) is 0. The highest BCUT2D eigenvalue weighted by molar-refractivity contribution is 6.33. The van der Waals surface area contributed by atoms with Crippen LogP contribution in [0.1, 0.15) is 26.3 Å². The third kappa shape index (κ3) is 1.23. The number of halogens is 1. The third-order valence-electron chi connectivity index (χ3n) is 3.54. The lowest BCUT2D eigenvalue weighted by Crippen LogP contribution is -2.30. The maximum absolute atomic E-state index is 6.14. The van der Waals surface area contributed by atoms with Crippen molar-refractivity contribution in [3.8, 4) is 0 Å². The van der Waals surface area contributed by atoms with Crippen LogP contribution in [0, 0.1) is 5.92 Å². The van der Waals surface area contributed by atoms with Crippen molar-refractivity contribution in [1.29, 1.82) is 0 Å². The molecule has 2 heteroatoms. The van der Waals surface area contributed by atoms with Gasteiger partial charge in [-0.2, -0.15) is 0 Å². The lowest BCUT2D eigenvalue weighted by molar-refractivity contribution is 0.371. The average Bonchev–Trinajstić information content (AvgIpc) is 2.47. The van der Waals surface area contributed by atoms with E-state index in [4.69, 9.17) is 11.6 Å². The van der Waals surface area contributed by atoms with Gasteiger partial charge in [0.05, 0.1) is 10.7 Å². The van der Waals surface area contributed by atoms with E-state index in [9.17, 15) is 0 Å². The number of hydrogen-bond acceptors (Lipinski definition) is 1. The number of nitrogens with one attached hydrogen (secondary N) is 1. The van der Waals surface area contributed by atoms with E-state index in [0.29, 0.717) is 5.92 Å². The Morgan fingerprint density at radius 1 is 1.43 bits per heavy atom. The Morgan fingerprint density at radius 2 is 2.14 bits per heavy atom. The van der Waals surface area contributed by atoms with Crippen LogP contribution in [0.2, 0.25) is 5.02 Å². The van der Waals surface area contributed by atoms with Crippen molar-refractivity contribution in [2.45, 2.75) is 26.2 Å². The highest BCUT2D eigenvalue weighted by atomic mass is 35.5. The van der Waals surface area contributed by atoms with Crippen molar-refractivity contribution in [2.24, 2.45) is 5.92 Å². The summed E-state index contributed by atoms with van der Waals surface area (Å²) in [5, 5.41) is 4.25. The molecule has 1 heterocycles. The van der Waals surface area contributed by atoms with Crippen molar-refractivity contribution in [3.63, 3.8) is 0 Å². The zero-order valence-electron chi connectivity index (χ0n) is 8.89. The van der Waals surface area contributed by atoms with E-state index in [2.05, 4.69) is 32.2 Å². The summed E-state index contributed by atoms with van der Waals surface area (Å²) in [6, 6.07) is 6.16. The van der Waals surface area contributed by atoms with Crippen LogP contribution >= 0.6 is 11.6 Å². The zero-order chi connectivity index (χ0) is 10.3. The number of rotatable bonds is 1. The highest BCUT2D eigenvalue weighted by Crippen LogP contribution is 2.44. The van der Waals surface area contributed by atoms with Gasteiger partial charge in [0.2, 0.25) is 0 Å². The Morgan fingerprint density at radius 3 is 2.79 bits per heavy atom. The van der Waals surface area contributed by atoms with Gasteiger partial charge in [0.25, 0.3) is 0 Å². The van der Waals surface area contributed by atoms with E-state index in [1.165, 1.54) is 5.56 Å². The van der Waals surface area contributed by atoms with E-state index in [1.54, 1.807) is 0 Å². The predicted octanol–water partition coefficient (Wildman–Crippen LogP) is 3.68. The molecule has 1 N–H and O–H groups in total. The van der Waals surface area contributed by atoms with Gasteiger partial charge in [-0.1, -0.05) is 44.5 Å². The number of benzene rings is 1. The molecule has 0 spiro atoms. The molecule has 1 unspecified atom stereocenters. The summed E-state index contributed by atoms with van der Waals surface area (Å²) in [5.41, 5.74) is 2.71. The molecule has 0 bridgehead atoms. The summed E-state index contributed by atoms with van der Waals surface area (Å²) in [5.74, 6) is 0.620. The highest BCUT2D eigenvalue weighted by Gasteiger charge is 2.37. The summed E-state index contributed by atoms with van der Waals surface area (Å²) in [6.45, 7) is 7.81. The molecule has 0 aliphatic carbocycles. The van der Waals surface area contributed by atoms with Gasteiger partial charge in [-0.15, -0.1) is 0 Å². The van der Waals surface area contributed by atoms with E-state index in [0.717, 1.165) is 17.3 Å². The predicted molar refractivity (Wildman–Crippen MR) is 62.1 cm³/mol. The Labute approximate surface area is 90.5 Å². The van der Waals surface area contributed by atoms with E-state index >= 15 is 0 Å². The van der Waals surface area contributed by atoms with Gasteiger partial charge < -0.3 is 5.32 Å². The molecule has 1 aromatic carbocycles. The number of fused-ring (bicyclic) bond motifs is 1. The first-order chi connectivity index (χ1) is 6.55. The maximum Gasteiger partial charge on any atom is 0.0640 e. The Bertz CT molecular complexity index is 359. The molecule has 76 valence electrons. The average molecular weight is 210 g/mol. The first kappa shape index (κ1) is 9.85. The Balaban J connectivity index is 2.55. The minimum atomic E-state index is 0.222. The molecule has 1 nitrogen and oxygen atoms in total. The van der Waals surface area contributed by atoms with Gasteiger partial charge in [0.1, 0.15) is 0 Å². The molecule has 14 heavy (non-hydrogen) atoms. The second-order valence-electron chi connectivity index (χ2n) is 4.59. The topological polar surface area (TPSA) is 12.0 Å². The molecule has 1 aliphatic rings. The van der Waals surface area contributed by atoms with Gasteiger partial charge in [0, 0.05) is 12.0 Å². The van der Waals surface area contributed by atoms with Gasteiger partial charge in [-0.25, -0.2) is 0 Å². The molecule has 2 rings (SSSR count). The zero-order valence-corrected chi connectivity index (χ0v) is 9.65. The van der Waals surface area contributed by atoms with Crippen molar-refractivity contribution in [3.05, 3.63) is 28.8 Å². The van der Waals surface area contributed by atoms with Crippen molar-refractivity contribution < 1.29 is 0 Å². The summed E-state index contributed by atoms with van der Waals surface area (Å²) in [6.07, 6.45) is 0. The lowest BCUT2D eigenvalue weighted by atomic mass is 9.75. The van der Waals surface area contributed by atoms with Crippen LogP contribution in [0.15, 0.2) is 18.2 Å². The number of para-hydroxylation sites is 1. The van der Waals surface area contributed by atoms with Crippen LogP contribution in [-0.4, -0.2) is 6.54 Å². The summed E-state index contributed by atoms with van der Waals surface area (Å²) >= 11 is 6.14. The largest absolute Gasteiger partial charge is 0.383 e. The monoisotopic (exact) mass is 209 g/mol. The van der Waals surface area contributed by atoms with Gasteiger partial charge >= 0.3 is 0 Å². The second kappa shape index (κ2) is 3.16. The Hall–Kier alpha value is -0.690. The smallest absolute Gasteiger partial charge is 0.0640 e. The molecule has 1 atom stereocenters. The van der Waals surface area contributed by atoms with Crippen LogP contribution in [0.5, 0.6) is 0 Å². The molecule has 1 aliphatic heterocycles. The van der Waals surface area contributed by atoms with Crippen LogP contribution in [0.25, 0.3) is 0 Å². The summed E-state index contributed by atoms with van der Waals surface area (Å²) < 4.78 is 0. The maximum atomic E-state index is 6.14. The molecule has 0 saturated carbocycles. The molecule has 0 radical (unpaired) electrons. The van der Waals surface area contributed by atoms with E-state index in [1.807, 2.05) is 12.1 Å². The normalized spacial score (nSPS) is 24.9. The lowest BCUT2D eigenvalue weighted by Gasteiger charge is -2.28. The van der Waals surface area contributed by atoms with Crippen molar-refractivity contribution in [1.82, 2.24) is 0 Å². The third-order valence-corrected chi connectivity index (χ3v) is 3.85. The second-order valence-corrected chi connectivity index (χ2v) is 5.00. The minimum Gasteiger partial charge on any atom is -0.383 e. The standard InChI is InChI=1S/C12H16ClN/c1-8(2)12(3)7-14-11-9(12)5-4-6-10(11)13/h4-6,8,14H,7H2,1-3H3. The molecule has 0 aromatic heterocycles. The fraction of sp³-hybridized carbons (Fsp3) is 0.500. The number of hydrogen-bond donors (Lipinski definition) is 1. The molecule has 1 aromatic rings. The van der Waals surface area contributed by atoms with Crippen LogP contribution in [-0.2, 0) is 5.41 Å². The van der Waals surface area contributed by atoms with Crippen LogP contribution in [0.4, 0.5) is 5.69 Å². The number of anilines is 1. The first-order valence-electron chi connectivity index (χ1n) is 5.08. The quantitative estimate of drug-likeness (QED) is 0.744.